The van der Waals surface area contributed by atoms with Gasteiger partial charge >= 0.3 is 10.3 Å². The van der Waals surface area contributed by atoms with Crippen LogP contribution in [0.2, 0.25) is 0 Å². The molecule has 2 heterocycles. The average molecular weight is 598 g/mol. The van der Waals surface area contributed by atoms with Crippen molar-refractivity contribution in [2.24, 2.45) is 0 Å². The highest BCUT2D eigenvalue weighted by atomic mass is 32.2. The van der Waals surface area contributed by atoms with Crippen molar-refractivity contribution in [1.29, 1.82) is 0 Å². The number of hydrogen-bond acceptors (Lipinski definition) is 6. The monoisotopic (exact) mass is 597 g/mol. The van der Waals surface area contributed by atoms with Gasteiger partial charge in [0.15, 0.2) is 11.5 Å². The van der Waals surface area contributed by atoms with Crippen LogP contribution in [0.1, 0.15) is 38.7 Å². The smallest absolute Gasteiger partial charge is 0.384 e. The van der Waals surface area contributed by atoms with E-state index in [4.69, 9.17) is 8.92 Å². The first-order valence-electron chi connectivity index (χ1n) is 13.6. The Hall–Kier alpha value is -4.80. The Morgan fingerprint density at radius 2 is 1.51 bits per heavy atom. The van der Waals surface area contributed by atoms with E-state index in [2.05, 4.69) is 4.98 Å². The van der Waals surface area contributed by atoms with E-state index in [1.54, 1.807) is 35.4 Å². The van der Waals surface area contributed by atoms with Gasteiger partial charge in [-0.05, 0) is 41.0 Å². The molecule has 0 saturated carbocycles. The number of aromatic nitrogens is 1. The van der Waals surface area contributed by atoms with E-state index in [0.29, 0.717) is 22.0 Å². The fourth-order valence-electron chi connectivity index (χ4n) is 5.13. The summed E-state index contributed by atoms with van der Waals surface area (Å²) in [5.41, 5.74) is 3.26. The van der Waals surface area contributed by atoms with Crippen LogP contribution in [0.5, 0.6) is 11.5 Å². The minimum Gasteiger partial charge on any atom is -0.478 e. The summed E-state index contributed by atoms with van der Waals surface area (Å²) < 4.78 is 53.0. The summed E-state index contributed by atoms with van der Waals surface area (Å²) in [6, 6.07) is 28.5. The van der Waals surface area contributed by atoms with Crippen LogP contribution >= 0.6 is 0 Å². The van der Waals surface area contributed by atoms with Crippen LogP contribution in [0.25, 0.3) is 10.9 Å². The Morgan fingerprint density at radius 3 is 2.12 bits per heavy atom. The van der Waals surface area contributed by atoms with E-state index >= 15 is 0 Å². The summed E-state index contributed by atoms with van der Waals surface area (Å²) in [6.07, 6.45) is 0.953. The molecule has 0 aliphatic carbocycles. The Morgan fingerprint density at radius 1 is 0.884 bits per heavy atom. The maximum atomic E-state index is 14.2. The van der Waals surface area contributed by atoms with Crippen LogP contribution in [0.15, 0.2) is 103 Å². The molecule has 1 aromatic heterocycles. The molecule has 0 N–H and O–H groups in total. The summed E-state index contributed by atoms with van der Waals surface area (Å²) in [6.45, 7) is 0.212. The lowest BCUT2D eigenvalue weighted by atomic mass is 9.99. The first-order chi connectivity index (χ1) is 20.7. The molecule has 10 heteroatoms. The summed E-state index contributed by atoms with van der Waals surface area (Å²) in [5, 5.41) is 0.387. The average Bonchev–Trinajstić information content (AvgIpc) is 3.34. The highest BCUT2D eigenvalue weighted by Gasteiger charge is 2.39. The molecule has 8 nitrogen and oxygen atoms in total. The number of nitrogens with zero attached hydrogens (tertiary/aromatic N) is 3. The van der Waals surface area contributed by atoms with Crippen molar-refractivity contribution >= 4 is 27.1 Å². The Kier molecular flexibility index (Phi) is 7.55. The number of hydrogen-bond donors (Lipinski definition) is 0. The number of carbonyl (C=O) groups excluding carboxylic acids is 1. The lowest BCUT2D eigenvalue weighted by Gasteiger charge is -2.23. The third-order valence-electron chi connectivity index (χ3n) is 7.28. The molecule has 0 atom stereocenters. The molecule has 0 bridgehead atoms. The molecule has 0 saturated heterocycles. The van der Waals surface area contributed by atoms with Gasteiger partial charge < -0.3 is 13.8 Å². The van der Waals surface area contributed by atoms with Crippen molar-refractivity contribution in [3.8, 4) is 11.5 Å². The zero-order chi connectivity index (χ0) is 30.1. The SMILES string of the molecule is CN(C)S(=O)(=O)Oc1c2c(c(OC(c3ccccc3)c3ccccc3)c3ncccc13)C(=O)N(Cc1ccc(F)cc1)C2. The molecule has 0 unspecified atom stereocenters. The number of carbonyl (C=O) groups is 1. The lowest BCUT2D eigenvalue weighted by Crippen LogP contribution is -2.27. The van der Waals surface area contributed by atoms with Crippen LogP contribution < -0.4 is 8.92 Å². The first kappa shape index (κ1) is 28.3. The number of amides is 1. The predicted octanol–water partition coefficient (Wildman–Crippen LogP) is 5.88. The molecule has 0 radical (unpaired) electrons. The van der Waals surface area contributed by atoms with Gasteiger partial charge in [0.25, 0.3) is 5.91 Å². The topological polar surface area (TPSA) is 89.0 Å². The summed E-state index contributed by atoms with van der Waals surface area (Å²) >= 11 is 0. The standard InChI is InChI=1S/C33H28FN3O5S/c1-36(2)43(39,40)42-31-26-14-9-19-35-29(26)32(41-30(23-10-5-3-6-11-23)24-12-7-4-8-13-24)28-27(31)21-37(33(28)38)20-22-15-17-25(34)18-16-22/h3-19,30H,20-21H2,1-2H3. The number of fused-ring (bicyclic) bond motifs is 2. The number of halogens is 1. The molecular weight excluding hydrogens is 569 g/mol. The van der Waals surface area contributed by atoms with Gasteiger partial charge in [-0.25, -0.2) is 4.39 Å². The number of ether oxygens (including phenoxy) is 1. The fraction of sp³-hybridized carbons (Fsp3) is 0.152. The Bertz CT molecular complexity index is 1860. The van der Waals surface area contributed by atoms with Gasteiger partial charge in [0.05, 0.1) is 12.1 Å². The van der Waals surface area contributed by atoms with E-state index in [1.165, 1.54) is 26.2 Å². The quantitative estimate of drug-likeness (QED) is 0.211. The summed E-state index contributed by atoms with van der Waals surface area (Å²) in [4.78, 5) is 20.3. The van der Waals surface area contributed by atoms with Crippen molar-refractivity contribution in [1.82, 2.24) is 14.2 Å². The Labute approximate surface area is 249 Å². The van der Waals surface area contributed by atoms with Gasteiger partial charge in [0.1, 0.15) is 17.4 Å². The molecule has 0 fully saturated rings. The normalized spacial score (nSPS) is 13.1. The molecule has 43 heavy (non-hydrogen) atoms. The van der Waals surface area contributed by atoms with Crippen LogP contribution in [0, 0.1) is 5.82 Å². The number of rotatable bonds is 9. The van der Waals surface area contributed by atoms with Gasteiger partial charge in [-0.1, -0.05) is 72.8 Å². The van der Waals surface area contributed by atoms with Crippen molar-refractivity contribution in [2.75, 3.05) is 14.1 Å². The lowest BCUT2D eigenvalue weighted by molar-refractivity contribution is 0.0762. The molecule has 1 aliphatic rings. The van der Waals surface area contributed by atoms with Crippen molar-refractivity contribution in [2.45, 2.75) is 19.2 Å². The van der Waals surface area contributed by atoms with E-state index in [9.17, 15) is 17.6 Å². The van der Waals surface area contributed by atoms with E-state index in [0.717, 1.165) is 15.4 Å². The maximum absolute atomic E-state index is 14.2. The van der Waals surface area contributed by atoms with Crippen molar-refractivity contribution in [3.63, 3.8) is 0 Å². The molecule has 5 aromatic rings. The third-order valence-corrected chi connectivity index (χ3v) is 8.56. The van der Waals surface area contributed by atoms with Crippen LogP contribution in [0.4, 0.5) is 4.39 Å². The second-order valence-electron chi connectivity index (χ2n) is 10.3. The summed E-state index contributed by atoms with van der Waals surface area (Å²) in [5.74, 6) is -0.520. The van der Waals surface area contributed by atoms with Gasteiger partial charge in [-0.15, -0.1) is 0 Å². The minimum atomic E-state index is -4.19. The van der Waals surface area contributed by atoms with E-state index in [-0.39, 0.29) is 41.9 Å². The molecule has 218 valence electrons. The molecule has 0 spiro atoms. The van der Waals surface area contributed by atoms with Gasteiger partial charge in [-0.3, -0.25) is 9.78 Å². The second kappa shape index (κ2) is 11.5. The van der Waals surface area contributed by atoms with Crippen LogP contribution in [-0.4, -0.2) is 42.6 Å². The van der Waals surface area contributed by atoms with Gasteiger partial charge in [0.2, 0.25) is 0 Å². The minimum absolute atomic E-state index is 0.0186. The highest BCUT2D eigenvalue weighted by Crippen LogP contribution is 2.47. The maximum Gasteiger partial charge on any atom is 0.384 e. The first-order valence-corrected chi connectivity index (χ1v) is 14.9. The largest absolute Gasteiger partial charge is 0.478 e. The predicted molar refractivity (Wildman–Crippen MR) is 160 cm³/mol. The summed E-state index contributed by atoms with van der Waals surface area (Å²) in [7, 11) is -1.46. The van der Waals surface area contributed by atoms with Crippen molar-refractivity contribution in [3.05, 3.63) is 137 Å². The molecule has 1 amide bonds. The number of pyridine rings is 1. The third kappa shape index (κ3) is 5.54. The zero-order valence-corrected chi connectivity index (χ0v) is 24.3. The van der Waals surface area contributed by atoms with Crippen LogP contribution in [0.3, 0.4) is 0 Å². The molecule has 6 rings (SSSR count). The Balaban J connectivity index is 1.55. The van der Waals surface area contributed by atoms with Crippen molar-refractivity contribution < 1.29 is 26.5 Å². The van der Waals surface area contributed by atoms with Gasteiger partial charge in [0, 0.05) is 37.8 Å². The zero-order valence-electron chi connectivity index (χ0n) is 23.5. The van der Waals surface area contributed by atoms with Gasteiger partial charge in [-0.2, -0.15) is 12.7 Å². The molecule has 1 aliphatic heterocycles. The van der Waals surface area contributed by atoms with E-state index in [1.807, 2.05) is 60.7 Å². The molecule has 4 aromatic carbocycles. The molecular formula is C33H28FN3O5S. The highest BCUT2D eigenvalue weighted by molar-refractivity contribution is 7.84. The second-order valence-corrected chi connectivity index (χ2v) is 12.1. The van der Waals surface area contributed by atoms with Crippen LogP contribution in [-0.2, 0) is 23.4 Å². The van der Waals surface area contributed by atoms with E-state index < -0.39 is 16.4 Å². The number of benzene rings is 4. The fourth-order valence-corrected chi connectivity index (χ4v) is 5.68.